The first kappa shape index (κ1) is 15.4. The topological polar surface area (TPSA) is 71.3 Å². The van der Waals surface area contributed by atoms with Gasteiger partial charge in [0.25, 0.3) is 0 Å². The quantitative estimate of drug-likeness (QED) is 0.892. The third-order valence-electron chi connectivity index (χ3n) is 3.11. The van der Waals surface area contributed by atoms with Gasteiger partial charge in [-0.25, -0.2) is 4.79 Å². The molecule has 0 aliphatic rings. The molecule has 0 saturated heterocycles. The molecule has 1 aromatic carbocycles. The van der Waals surface area contributed by atoms with Crippen LogP contribution in [0.2, 0.25) is 5.02 Å². The molecule has 0 fully saturated rings. The van der Waals surface area contributed by atoms with E-state index in [1.54, 1.807) is 22.8 Å². The highest BCUT2D eigenvalue weighted by Crippen LogP contribution is 2.28. The monoisotopic (exact) mass is 308 g/mol. The molecule has 0 bridgehead atoms. The van der Waals surface area contributed by atoms with Gasteiger partial charge in [0.15, 0.2) is 0 Å². The van der Waals surface area contributed by atoms with E-state index in [-0.39, 0.29) is 18.0 Å². The number of aromatic nitrogens is 1. The molecule has 0 aliphatic carbocycles. The summed E-state index contributed by atoms with van der Waals surface area (Å²) in [6.07, 6.45) is 1.45. The van der Waals surface area contributed by atoms with Crippen LogP contribution in [0.3, 0.4) is 0 Å². The molecular weight excluding hydrogens is 292 g/mol. The van der Waals surface area contributed by atoms with Crippen molar-refractivity contribution in [1.29, 1.82) is 0 Å². The third kappa shape index (κ3) is 3.36. The summed E-state index contributed by atoms with van der Waals surface area (Å²) in [7, 11) is 0. The molecule has 0 radical (unpaired) electrons. The maximum Gasteiger partial charge on any atom is 0.337 e. The molecule has 1 heterocycles. The molecular formula is C15H17ClN2O3. The number of amides is 1. The molecule has 5 nitrogen and oxygen atoms in total. The molecule has 21 heavy (non-hydrogen) atoms. The molecule has 0 atom stereocenters. The molecule has 0 aliphatic heterocycles. The Morgan fingerprint density at radius 1 is 1.38 bits per heavy atom. The molecule has 112 valence electrons. The Morgan fingerprint density at radius 2 is 2.10 bits per heavy atom. The van der Waals surface area contributed by atoms with E-state index in [4.69, 9.17) is 11.6 Å². The molecule has 1 amide bonds. The largest absolute Gasteiger partial charge is 0.478 e. The van der Waals surface area contributed by atoms with E-state index >= 15 is 0 Å². The predicted molar refractivity (Wildman–Crippen MR) is 81.8 cm³/mol. The van der Waals surface area contributed by atoms with E-state index < -0.39 is 5.97 Å². The molecule has 1 aromatic heterocycles. The van der Waals surface area contributed by atoms with Gasteiger partial charge in [-0.15, -0.1) is 0 Å². The number of aromatic carboxylic acids is 1. The summed E-state index contributed by atoms with van der Waals surface area (Å²) in [6, 6.07) is 5.13. The second kappa shape index (κ2) is 6.18. The van der Waals surface area contributed by atoms with E-state index in [9.17, 15) is 14.7 Å². The fourth-order valence-corrected chi connectivity index (χ4v) is 2.40. The highest BCUT2D eigenvalue weighted by atomic mass is 35.5. The number of hydrogen-bond acceptors (Lipinski definition) is 2. The lowest BCUT2D eigenvalue weighted by Crippen LogP contribution is -2.30. The zero-order chi connectivity index (χ0) is 15.6. The van der Waals surface area contributed by atoms with Crippen LogP contribution in [0.25, 0.3) is 10.9 Å². The molecule has 2 rings (SSSR count). The number of carboxylic acid groups (broad SMARTS) is 1. The van der Waals surface area contributed by atoms with Gasteiger partial charge in [0.2, 0.25) is 5.91 Å². The van der Waals surface area contributed by atoms with Crippen LogP contribution < -0.4 is 5.32 Å². The summed E-state index contributed by atoms with van der Waals surface area (Å²) < 4.78 is 1.61. The first-order valence-corrected chi connectivity index (χ1v) is 7.05. The van der Waals surface area contributed by atoms with Gasteiger partial charge < -0.3 is 15.0 Å². The zero-order valence-electron chi connectivity index (χ0n) is 11.9. The summed E-state index contributed by atoms with van der Waals surface area (Å²) in [5, 5.41) is 12.9. The molecule has 6 heteroatoms. The second-order valence-corrected chi connectivity index (χ2v) is 5.71. The maximum absolute atomic E-state index is 11.9. The Morgan fingerprint density at radius 3 is 2.71 bits per heavy atom. The van der Waals surface area contributed by atoms with Gasteiger partial charge >= 0.3 is 5.97 Å². The number of nitrogens with one attached hydrogen (secondary N) is 1. The van der Waals surface area contributed by atoms with E-state index in [1.807, 2.05) is 13.8 Å². The molecule has 0 spiro atoms. The minimum atomic E-state index is -1.06. The summed E-state index contributed by atoms with van der Waals surface area (Å²) in [6.45, 7) is 4.67. The molecule has 2 N–H and O–H groups in total. The Balaban J connectivity index is 2.34. The highest BCUT2D eigenvalue weighted by molar-refractivity contribution is 6.36. The summed E-state index contributed by atoms with van der Waals surface area (Å²) in [5.74, 6) is -0.855. The first-order chi connectivity index (χ1) is 9.90. The van der Waals surface area contributed by atoms with Crippen molar-refractivity contribution in [3.05, 3.63) is 35.0 Å². The van der Waals surface area contributed by atoms with Gasteiger partial charge in [0.1, 0.15) is 6.54 Å². The second-order valence-electron chi connectivity index (χ2n) is 5.31. The van der Waals surface area contributed by atoms with Crippen molar-refractivity contribution >= 4 is 34.4 Å². The number of carboxylic acids is 1. The lowest BCUT2D eigenvalue weighted by molar-refractivity contribution is -0.121. The van der Waals surface area contributed by atoms with Crippen molar-refractivity contribution in [3.63, 3.8) is 0 Å². The van der Waals surface area contributed by atoms with Crippen molar-refractivity contribution in [2.24, 2.45) is 5.92 Å². The maximum atomic E-state index is 11.9. The fraction of sp³-hybridized carbons (Fsp3) is 0.333. The Kier molecular flexibility index (Phi) is 4.53. The van der Waals surface area contributed by atoms with Gasteiger partial charge in [-0.1, -0.05) is 31.5 Å². The minimum Gasteiger partial charge on any atom is -0.478 e. The summed E-state index contributed by atoms with van der Waals surface area (Å²) in [5.41, 5.74) is 0.742. The van der Waals surface area contributed by atoms with Crippen molar-refractivity contribution < 1.29 is 14.7 Å². The minimum absolute atomic E-state index is 0.0663. The van der Waals surface area contributed by atoms with E-state index in [2.05, 4.69) is 5.32 Å². The van der Waals surface area contributed by atoms with Gasteiger partial charge in [0.05, 0.1) is 16.1 Å². The van der Waals surface area contributed by atoms with E-state index in [0.717, 1.165) is 0 Å². The standard InChI is InChI=1S/C15H17ClN2O3/c1-9(2)6-17-13(19)8-18-7-10(15(20)21)14-11(16)4-3-5-12(14)18/h3-5,7,9H,6,8H2,1-2H3,(H,17,19)(H,20,21). The Hall–Kier alpha value is -2.01. The Labute approximate surface area is 127 Å². The molecule has 0 unspecified atom stereocenters. The summed E-state index contributed by atoms with van der Waals surface area (Å²) >= 11 is 6.08. The van der Waals surface area contributed by atoms with Crippen molar-refractivity contribution in [3.8, 4) is 0 Å². The first-order valence-electron chi connectivity index (χ1n) is 6.67. The van der Waals surface area contributed by atoms with Crippen LogP contribution >= 0.6 is 11.6 Å². The van der Waals surface area contributed by atoms with Gasteiger partial charge in [0, 0.05) is 18.1 Å². The smallest absolute Gasteiger partial charge is 0.337 e. The summed E-state index contributed by atoms with van der Waals surface area (Å²) in [4.78, 5) is 23.2. The number of benzene rings is 1. The normalized spacial score (nSPS) is 11.0. The predicted octanol–water partition coefficient (Wildman–Crippen LogP) is 2.77. The highest BCUT2D eigenvalue weighted by Gasteiger charge is 2.17. The van der Waals surface area contributed by atoms with Crippen LogP contribution in [-0.4, -0.2) is 28.1 Å². The number of carbonyl (C=O) groups excluding carboxylic acids is 1. The molecule has 2 aromatic rings. The number of hydrogen-bond donors (Lipinski definition) is 2. The zero-order valence-corrected chi connectivity index (χ0v) is 12.6. The van der Waals surface area contributed by atoms with Gasteiger partial charge in [-0.3, -0.25) is 4.79 Å². The van der Waals surface area contributed by atoms with Crippen molar-refractivity contribution in [2.75, 3.05) is 6.54 Å². The lowest BCUT2D eigenvalue weighted by Gasteiger charge is -2.09. The van der Waals surface area contributed by atoms with Crippen LogP contribution in [0.15, 0.2) is 24.4 Å². The van der Waals surface area contributed by atoms with E-state index in [1.165, 1.54) is 6.20 Å². The van der Waals surface area contributed by atoms with Crippen LogP contribution in [0.5, 0.6) is 0 Å². The van der Waals surface area contributed by atoms with Crippen molar-refractivity contribution in [2.45, 2.75) is 20.4 Å². The SMILES string of the molecule is CC(C)CNC(=O)Cn1cc(C(=O)O)c2c(Cl)cccc21. The van der Waals surface area contributed by atoms with Crippen LogP contribution in [0.4, 0.5) is 0 Å². The lowest BCUT2D eigenvalue weighted by atomic mass is 10.2. The number of halogens is 1. The molecule has 0 saturated carbocycles. The Bertz CT molecular complexity index is 692. The number of fused-ring (bicyclic) bond motifs is 1. The fourth-order valence-electron chi connectivity index (χ4n) is 2.13. The van der Waals surface area contributed by atoms with Crippen LogP contribution in [0.1, 0.15) is 24.2 Å². The van der Waals surface area contributed by atoms with Gasteiger partial charge in [-0.05, 0) is 18.1 Å². The van der Waals surface area contributed by atoms with Crippen LogP contribution in [0, 0.1) is 5.92 Å². The van der Waals surface area contributed by atoms with Crippen molar-refractivity contribution in [1.82, 2.24) is 9.88 Å². The van der Waals surface area contributed by atoms with E-state index in [0.29, 0.717) is 28.4 Å². The van der Waals surface area contributed by atoms with Gasteiger partial charge in [-0.2, -0.15) is 0 Å². The average Bonchev–Trinajstić information content (AvgIpc) is 2.77. The van der Waals surface area contributed by atoms with Crippen LogP contribution in [-0.2, 0) is 11.3 Å². The number of nitrogens with zero attached hydrogens (tertiary/aromatic N) is 1. The average molecular weight is 309 g/mol. The number of carbonyl (C=O) groups is 2. The number of rotatable bonds is 5. The third-order valence-corrected chi connectivity index (χ3v) is 3.42.